The second-order valence-electron chi connectivity index (χ2n) is 4.89. The second kappa shape index (κ2) is 6.57. The van der Waals surface area contributed by atoms with Crippen LogP contribution in [0.4, 0.5) is 5.69 Å². The van der Waals surface area contributed by atoms with Gasteiger partial charge in [0, 0.05) is 6.92 Å². The number of nitrogens with one attached hydrogen (secondary N) is 2. The van der Waals surface area contributed by atoms with Crippen molar-refractivity contribution in [3.05, 3.63) is 28.8 Å². The van der Waals surface area contributed by atoms with Crippen molar-refractivity contribution in [2.24, 2.45) is 5.92 Å². The first kappa shape index (κ1) is 15.5. The zero-order valence-corrected chi connectivity index (χ0v) is 12.3. The summed E-state index contributed by atoms with van der Waals surface area (Å²) in [5, 5.41) is 5.86. The summed E-state index contributed by atoms with van der Waals surface area (Å²) in [6, 6.07) is 4.82. The van der Waals surface area contributed by atoms with Crippen molar-refractivity contribution >= 4 is 29.1 Å². The van der Waals surface area contributed by atoms with E-state index in [-0.39, 0.29) is 17.7 Å². The second-order valence-corrected chi connectivity index (χ2v) is 5.30. The van der Waals surface area contributed by atoms with Gasteiger partial charge in [-0.3, -0.25) is 9.59 Å². The third kappa shape index (κ3) is 4.56. The smallest absolute Gasteiger partial charge is 0.247 e. The normalized spacial score (nSPS) is 12.1. The fraction of sp³-hybridized carbons (Fsp3) is 0.429. The summed E-state index contributed by atoms with van der Waals surface area (Å²) < 4.78 is 0. The van der Waals surface area contributed by atoms with Crippen LogP contribution in [0.3, 0.4) is 0 Å². The van der Waals surface area contributed by atoms with Crippen LogP contribution in [0.1, 0.15) is 26.3 Å². The van der Waals surface area contributed by atoms with Gasteiger partial charge in [0.25, 0.3) is 0 Å². The largest absolute Gasteiger partial charge is 0.344 e. The molecule has 0 saturated carbocycles. The Balaban J connectivity index is 2.84. The molecule has 1 atom stereocenters. The molecule has 19 heavy (non-hydrogen) atoms. The average Bonchev–Trinajstić information content (AvgIpc) is 2.29. The predicted molar refractivity (Wildman–Crippen MR) is 77.3 cm³/mol. The van der Waals surface area contributed by atoms with Gasteiger partial charge in [0.15, 0.2) is 0 Å². The van der Waals surface area contributed by atoms with Crippen LogP contribution in [0, 0.1) is 12.8 Å². The summed E-state index contributed by atoms with van der Waals surface area (Å²) in [5.41, 5.74) is 1.57. The van der Waals surface area contributed by atoms with Crippen LogP contribution in [0.15, 0.2) is 18.2 Å². The Kier molecular flexibility index (Phi) is 5.36. The third-order valence-electron chi connectivity index (χ3n) is 2.69. The number of carbonyl (C=O) groups excluding carboxylic acids is 2. The summed E-state index contributed by atoms with van der Waals surface area (Å²) in [6.45, 7) is 7.06. The van der Waals surface area contributed by atoms with Crippen LogP contribution in [-0.4, -0.2) is 17.9 Å². The highest BCUT2D eigenvalue weighted by Gasteiger charge is 2.23. The quantitative estimate of drug-likeness (QED) is 0.892. The maximum atomic E-state index is 12.1. The van der Waals surface area contributed by atoms with Gasteiger partial charge in [0.05, 0.1) is 10.7 Å². The molecular weight excluding hydrogens is 264 g/mol. The molecule has 2 N–H and O–H groups in total. The van der Waals surface area contributed by atoms with Crippen molar-refractivity contribution in [1.29, 1.82) is 0 Å². The number of halogens is 1. The standard InChI is InChI=1S/C14H19ClN2O2/c1-8(2)13(16-10(4)18)14(19)17-12-6-5-9(3)7-11(12)15/h5-8,13H,1-4H3,(H,16,18)(H,17,19)/t13-/m0/s1. The van der Waals surface area contributed by atoms with Gasteiger partial charge in [-0.25, -0.2) is 0 Å². The third-order valence-corrected chi connectivity index (χ3v) is 3.00. The van der Waals surface area contributed by atoms with Gasteiger partial charge in [-0.15, -0.1) is 0 Å². The van der Waals surface area contributed by atoms with Crippen molar-refractivity contribution in [3.63, 3.8) is 0 Å². The van der Waals surface area contributed by atoms with Crippen LogP contribution in [0.25, 0.3) is 0 Å². The van der Waals surface area contributed by atoms with Crippen molar-refractivity contribution in [1.82, 2.24) is 5.32 Å². The number of amides is 2. The molecule has 1 rings (SSSR count). The van der Waals surface area contributed by atoms with Crippen LogP contribution in [-0.2, 0) is 9.59 Å². The van der Waals surface area contributed by atoms with Gasteiger partial charge in [-0.05, 0) is 30.5 Å². The highest BCUT2D eigenvalue weighted by Crippen LogP contribution is 2.23. The maximum absolute atomic E-state index is 12.1. The van der Waals surface area contributed by atoms with E-state index in [2.05, 4.69) is 10.6 Å². The lowest BCUT2D eigenvalue weighted by Gasteiger charge is -2.21. The molecule has 2 amide bonds. The molecule has 0 fully saturated rings. The zero-order valence-electron chi connectivity index (χ0n) is 11.6. The van der Waals surface area contributed by atoms with Crippen molar-refractivity contribution in [3.8, 4) is 0 Å². The Morgan fingerprint density at radius 1 is 1.26 bits per heavy atom. The molecule has 0 aliphatic carbocycles. The van der Waals surface area contributed by atoms with Gasteiger partial charge in [-0.2, -0.15) is 0 Å². The number of hydrogen-bond donors (Lipinski definition) is 2. The first-order valence-electron chi connectivity index (χ1n) is 6.15. The van der Waals surface area contributed by atoms with E-state index in [1.165, 1.54) is 6.92 Å². The SMILES string of the molecule is CC(=O)N[C@H](C(=O)Nc1ccc(C)cc1Cl)C(C)C. The van der Waals surface area contributed by atoms with Crippen molar-refractivity contribution < 1.29 is 9.59 Å². The van der Waals surface area contributed by atoms with E-state index < -0.39 is 6.04 Å². The van der Waals surface area contributed by atoms with Crippen LogP contribution in [0.5, 0.6) is 0 Å². The first-order valence-corrected chi connectivity index (χ1v) is 6.53. The van der Waals surface area contributed by atoms with E-state index in [9.17, 15) is 9.59 Å². The molecule has 1 aromatic carbocycles. The monoisotopic (exact) mass is 282 g/mol. The Morgan fingerprint density at radius 3 is 2.37 bits per heavy atom. The lowest BCUT2D eigenvalue weighted by atomic mass is 10.0. The highest BCUT2D eigenvalue weighted by atomic mass is 35.5. The number of carbonyl (C=O) groups is 2. The van der Waals surface area contributed by atoms with Crippen LogP contribution >= 0.6 is 11.6 Å². The molecular formula is C14H19ClN2O2. The van der Waals surface area contributed by atoms with Crippen molar-refractivity contribution in [2.75, 3.05) is 5.32 Å². The minimum atomic E-state index is -0.574. The molecule has 0 bridgehead atoms. The molecule has 5 heteroatoms. The molecule has 0 heterocycles. The minimum absolute atomic E-state index is 0.00637. The summed E-state index contributed by atoms with van der Waals surface area (Å²) in [7, 11) is 0. The molecule has 0 aromatic heterocycles. The summed E-state index contributed by atoms with van der Waals surface area (Å²) in [5.74, 6) is -0.507. The molecule has 4 nitrogen and oxygen atoms in total. The molecule has 0 aliphatic heterocycles. The fourth-order valence-electron chi connectivity index (χ4n) is 1.69. The highest BCUT2D eigenvalue weighted by molar-refractivity contribution is 6.33. The molecule has 1 aromatic rings. The summed E-state index contributed by atoms with van der Waals surface area (Å²) in [6.07, 6.45) is 0. The van der Waals surface area contributed by atoms with Crippen LogP contribution < -0.4 is 10.6 Å². The Bertz CT molecular complexity index is 486. The van der Waals surface area contributed by atoms with E-state index in [1.54, 1.807) is 12.1 Å². The predicted octanol–water partition coefficient (Wildman–Crippen LogP) is 2.75. The molecule has 0 spiro atoms. The Labute approximate surface area is 118 Å². The Hall–Kier alpha value is -1.55. The maximum Gasteiger partial charge on any atom is 0.247 e. The fourth-order valence-corrected chi connectivity index (χ4v) is 1.97. The Morgan fingerprint density at radius 2 is 1.89 bits per heavy atom. The molecule has 104 valence electrons. The van der Waals surface area contributed by atoms with Gasteiger partial charge in [-0.1, -0.05) is 31.5 Å². The molecule has 0 radical (unpaired) electrons. The van der Waals surface area contributed by atoms with Gasteiger partial charge in [0.2, 0.25) is 11.8 Å². The number of anilines is 1. The number of aryl methyl sites for hydroxylation is 1. The van der Waals surface area contributed by atoms with E-state index in [4.69, 9.17) is 11.6 Å². The zero-order chi connectivity index (χ0) is 14.6. The van der Waals surface area contributed by atoms with Gasteiger partial charge in [0.1, 0.15) is 6.04 Å². The first-order chi connectivity index (χ1) is 8.81. The van der Waals surface area contributed by atoms with E-state index >= 15 is 0 Å². The van der Waals surface area contributed by atoms with E-state index in [0.717, 1.165) is 5.56 Å². The number of benzene rings is 1. The molecule has 0 saturated heterocycles. The van der Waals surface area contributed by atoms with E-state index in [1.807, 2.05) is 26.8 Å². The lowest BCUT2D eigenvalue weighted by molar-refractivity contribution is -0.126. The average molecular weight is 283 g/mol. The number of rotatable bonds is 4. The van der Waals surface area contributed by atoms with Gasteiger partial charge < -0.3 is 10.6 Å². The topological polar surface area (TPSA) is 58.2 Å². The summed E-state index contributed by atoms with van der Waals surface area (Å²) in [4.78, 5) is 23.3. The molecule has 0 aliphatic rings. The lowest BCUT2D eigenvalue weighted by Crippen LogP contribution is -2.46. The minimum Gasteiger partial charge on any atom is -0.344 e. The van der Waals surface area contributed by atoms with Gasteiger partial charge >= 0.3 is 0 Å². The van der Waals surface area contributed by atoms with Crippen molar-refractivity contribution in [2.45, 2.75) is 33.7 Å². The number of hydrogen-bond acceptors (Lipinski definition) is 2. The summed E-state index contributed by atoms with van der Waals surface area (Å²) >= 11 is 6.06. The van der Waals surface area contributed by atoms with E-state index in [0.29, 0.717) is 10.7 Å². The van der Waals surface area contributed by atoms with Crippen LogP contribution in [0.2, 0.25) is 5.02 Å². The molecule has 0 unspecified atom stereocenters.